The molecule has 0 radical (unpaired) electrons. The molecule has 23 heavy (non-hydrogen) atoms. The van der Waals surface area contributed by atoms with Crippen molar-refractivity contribution in [3.63, 3.8) is 0 Å². The first-order chi connectivity index (χ1) is 11.1. The molecule has 6 heteroatoms. The molecule has 0 bridgehead atoms. The molecule has 0 saturated carbocycles. The smallest absolute Gasteiger partial charge is 0.270 e. The summed E-state index contributed by atoms with van der Waals surface area (Å²) in [6.45, 7) is 2.04. The number of halogens is 1. The van der Waals surface area contributed by atoms with Crippen LogP contribution in [0.15, 0.2) is 53.0 Å². The van der Waals surface area contributed by atoms with Crippen LogP contribution in [-0.2, 0) is 10.5 Å². The summed E-state index contributed by atoms with van der Waals surface area (Å²) in [6, 6.07) is 15.2. The van der Waals surface area contributed by atoms with Gasteiger partial charge in [0.15, 0.2) is 0 Å². The van der Waals surface area contributed by atoms with Crippen LogP contribution in [0.1, 0.15) is 21.5 Å². The van der Waals surface area contributed by atoms with Crippen LogP contribution in [0.2, 0.25) is 0 Å². The van der Waals surface area contributed by atoms with E-state index in [-0.39, 0.29) is 17.6 Å². The first-order valence-corrected chi connectivity index (χ1v) is 8.98. The van der Waals surface area contributed by atoms with Gasteiger partial charge >= 0.3 is 0 Å². The Bertz CT molecular complexity index is 706. The normalized spacial score (nSPS) is 10.2. The number of carbonyl (C=O) groups excluding carboxylic acids is 2. The van der Waals surface area contributed by atoms with E-state index in [0.29, 0.717) is 10.0 Å². The molecule has 2 aromatic carbocycles. The number of rotatable bonds is 5. The number of nitrogens with one attached hydrogen (secondary N) is 2. The van der Waals surface area contributed by atoms with Gasteiger partial charge in [0.2, 0.25) is 5.91 Å². The van der Waals surface area contributed by atoms with Crippen LogP contribution in [0.3, 0.4) is 0 Å². The van der Waals surface area contributed by atoms with Gasteiger partial charge in [0.1, 0.15) is 0 Å². The van der Waals surface area contributed by atoms with Gasteiger partial charge in [0.05, 0.1) is 11.3 Å². The summed E-state index contributed by atoms with van der Waals surface area (Å²) in [5.74, 6) is 0.454. The molecule has 4 nitrogen and oxygen atoms in total. The van der Waals surface area contributed by atoms with Crippen LogP contribution in [0.25, 0.3) is 0 Å². The van der Waals surface area contributed by atoms with E-state index in [9.17, 15) is 9.59 Å². The fourth-order valence-corrected chi connectivity index (χ4v) is 3.18. The Morgan fingerprint density at radius 1 is 1.09 bits per heavy atom. The molecule has 2 amide bonds. The third-order valence-electron chi connectivity index (χ3n) is 3.02. The molecule has 0 heterocycles. The highest BCUT2D eigenvalue weighted by Crippen LogP contribution is 2.15. The summed E-state index contributed by atoms with van der Waals surface area (Å²) in [6.07, 6.45) is 0. The fraction of sp³-hybridized carbons (Fsp3) is 0.176. The van der Waals surface area contributed by atoms with Crippen LogP contribution in [-0.4, -0.2) is 17.6 Å². The first kappa shape index (κ1) is 17.6. The van der Waals surface area contributed by atoms with Crippen molar-refractivity contribution in [1.82, 2.24) is 10.9 Å². The Morgan fingerprint density at radius 2 is 1.87 bits per heavy atom. The van der Waals surface area contributed by atoms with Gasteiger partial charge in [0.25, 0.3) is 5.91 Å². The molecule has 0 aliphatic heterocycles. The molecular weight excluding hydrogens is 376 g/mol. The molecule has 0 fully saturated rings. The van der Waals surface area contributed by atoms with Gasteiger partial charge in [-0.1, -0.05) is 42.0 Å². The van der Waals surface area contributed by atoms with Crippen LogP contribution in [0, 0.1) is 6.92 Å². The third-order valence-corrected chi connectivity index (χ3v) is 4.71. The van der Waals surface area contributed by atoms with Crippen LogP contribution in [0.5, 0.6) is 0 Å². The quantitative estimate of drug-likeness (QED) is 0.766. The molecule has 0 aliphatic rings. The molecule has 0 unspecified atom stereocenters. The van der Waals surface area contributed by atoms with E-state index in [2.05, 4.69) is 32.8 Å². The number of hydrogen-bond acceptors (Lipinski definition) is 3. The van der Waals surface area contributed by atoms with Crippen LogP contribution in [0.4, 0.5) is 0 Å². The zero-order chi connectivity index (χ0) is 16.7. The van der Waals surface area contributed by atoms with Crippen LogP contribution < -0.4 is 10.9 Å². The van der Waals surface area contributed by atoms with Crippen molar-refractivity contribution in [2.24, 2.45) is 0 Å². The van der Waals surface area contributed by atoms with Crippen molar-refractivity contribution in [3.8, 4) is 0 Å². The van der Waals surface area contributed by atoms with Gasteiger partial charge in [-0.25, -0.2) is 0 Å². The Morgan fingerprint density at radius 3 is 2.61 bits per heavy atom. The van der Waals surface area contributed by atoms with Crippen molar-refractivity contribution in [3.05, 3.63) is 69.7 Å². The lowest BCUT2D eigenvalue weighted by Crippen LogP contribution is -2.42. The topological polar surface area (TPSA) is 58.2 Å². The summed E-state index contributed by atoms with van der Waals surface area (Å²) in [7, 11) is 0. The van der Waals surface area contributed by atoms with Gasteiger partial charge in [-0.05, 0) is 40.5 Å². The SMILES string of the molecule is Cc1cccc(CSCC(=O)NNC(=O)c2ccccc2Br)c1. The highest BCUT2D eigenvalue weighted by molar-refractivity contribution is 9.10. The Labute approximate surface area is 148 Å². The zero-order valence-corrected chi connectivity index (χ0v) is 15.0. The number of carbonyl (C=O) groups is 2. The molecular formula is C17H17BrN2O2S. The van der Waals surface area contributed by atoms with E-state index in [4.69, 9.17) is 0 Å². The van der Waals surface area contributed by atoms with Gasteiger partial charge < -0.3 is 0 Å². The third kappa shape index (κ3) is 5.73. The average Bonchev–Trinajstić information content (AvgIpc) is 2.53. The number of thioether (sulfide) groups is 1. The first-order valence-electron chi connectivity index (χ1n) is 7.03. The Hall–Kier alpha value is -1.79. The largest absolute Gasteiger partial charge is 0.272 e. The summed E-state index contributed by atoms with van der Waals surface area (Å²) >= 11 is 4.80. The second-order valence-corrected chi connectivity index (χ2v) is 6.80. The fourth-order valence-electron chi connectivity index (χ4n) is 1.94. The van der Waals surface area contributed by atoms with E-state index in [1.165, 1.54) is 22.9 Å². The van der Waals surface area contributed by atoms with Gasteiger partial charge in [-0.3, -0.25) is 20.4 Å². The Kier molecular flexibility index (Phi) is 6.67. The van der Waals surface area contributed by atoms with Crippen molar-refractivity contribution in [2.45, 2.75) is 12.7 Å². The lowest BCUT2D eigenvalue weighted by atomic mass is 10.2. The van der Waals surface area contributed by atoms with Crippen molar-refractivity contribution in [1.29, 1.82) is 0 Å². The lowest BCUT2D eigenvalue weighted by molar-refractivity contribution is -0.119. The monoisotopic (exact) mass is 392 g/mol. The summed E-state index contributed by atoms with van der Waals surface area (Å²) in [5.41, 5.74) is 7.70. The van der Waals surface area contributed by atoms with Crippen molar-refractivity contribution < 1.29 is 9.59 Å². The highest BCUT2D eigenvalue weighted by atomic mass is 79.9. The van der Waals surface area contributed by atoms with E-state index in [1.54, 1.807) is 18.2 Å². The minimum absolute atomic E-state index is 0.233. The molecule has 120 valence electrons. The lowest BCUT2D eigenvalue weighted by Gasteiger charge is -2.08. The number of amides is 2. The van der Waals surface area contributed by atoms with Crippen LogP contribution >= 0.6 is 27.7 Å². The predicted molar refractivity (Wildman–Crippen MR) is 97.1 cm³/mol. The Balaban J connectivity index is 1.73. The minimum Gasteiger partial charge on any atom is -0.272 e. The van der Waals surface area contributed by atoms with Crippen molar-refractivity contribution in [2.75, 3.05) is 5.75 Å². The molecule has 0 aliphatic carbocycles. The maximum absolute atomic E-state index is 11.9. The molecule has 0 atom stereocenters. The summed E-state index contributed by atoms with van der Waals surface area (Å²) < 4.78 is 0.681. The molecule has 2 rings (SSSR count). The number of benzene rings is 2. The molecule has 2 N–H and O–H groups in total. The summed E-state index contributed by atoms with van der Waals surface area (Å²) in [5, 5.41) is 0. The molecule has 0 spiro atoms. The maximum atomic E-state index is 11.9. The second-order valence-electron chi connectivity index (χ2n) is 4.96. The molecule has 0 saturated heterocycles. The van der Waals surface area contributed by atoms with Gasteiger partial charge in [-0.15, -0.1) is 11.8 Å². The zero-order valence-electron chi connectivity index (χ0n) is 12.6. The maximum Gasteiger partial charge on any atom is 0.270 e. The van der Waals surface area contributed by atoms with Crippen molar-refractivity contribution >= 4 is 39.5 Å². The van der Waals surface area contributed by atoms with E-state index >= 15 is 0 Å². The minimum atomic E-state index is -0.352. The summed E-state index contributed by atoms with van der Waals surface area (Å²) in [4.78, 5) is 23.7. The van der Waals surface area contributed by atoms with Gasteiger partial charge in [-0.2, -0.15) is 0 Å². The second kappa shape index (κ2) is 8.74. The number of hydrazine groups is 1. The van der Waals surface area contributed by atoms with E-state index in [0.717, 1.165) is 5.75 Å². The van der Waals surface area contributed by atoms with E-state index < -0.39 is 0 Å². The average molecular weight is 393 g/mol. The highest BCUT2D eigenvalue weighted by Gasteiger charge is 2.10. The molecule has 2 aromatic rings. The number of hydrogen-bond donors (Lipinski definition) is 2. The van der Waals surface area contributed by atoms with E-state index in [1.807, 2.05) is 31.2 Å². The number of aryl methyl sites for hydroxylation is 1. The molecule has 0 aromatic heterocycles. The predicted octanol–water partition coefficient (Wildman–Crippen LogP) is 3.45. The standard InChI is InChI=1S/C17H17BrN2O2S/c1-12-5-4-6-13(9-12)10-23-11-16(21)19-20-17(22)14-7-2-3-8-15(14)18/h2-9H,10-11H2,1H3,(H,19,21)(H,20,22). The van der Waals surface area contributed by atoms with Gasteiger partial charge in [0, 0.05) is 10.2 Å².